The maximum Gasteiger partial charge on any atom is 0.124 e. The van der Waals surface area contributed by atoms with Crippen LogP contribution < -0.4 is 5.32 Å². The molecule has 88 valence electrons. The number of hydrogen-bond donors (Lipinski definition) is 1. The third-order valence-electron chi connectivity index (χ3n) is 2.35. The molecule has 2 rings (SSSR count). The molecule has 0 aliphatic carbocycles. The second-order valence-corrected chi connectivity index (χ2v) is 4.03. The van der Waals surface area contributed by atoms with E-state index >= 15 is 0 Å². The summed E-state index contributed by atoms with van der Waals surface area (Å²) in [6, 6.07) is 10.1. The Morgan fingerprint density at radius 3 is 2.82 bits per heavy atom. The summed E-state index contributed by atoms with van der Waals surface area (Å²) in [4.78, 5) is 4.21. The molecule has 17 heavy (non-hydrogen) atoms. The quantitative estimate of drug-likeness (QED) is 0.898. The smallest absolute Gasteiger partial charge is 0.124 e. The van der Waals surface area contributed by atoms with Gasteiger partial charge in [-0.25, -0.2) is 4.39 Å². The van der Waals surface area contributed by atoms with Gasteiger partial charge < -0.3 is 5.32 Å². The van der Waals surface area contributed by atoms with Crippen LogP contribution >= 0.6 is 11.6 Å². The van der Waals surface area contributed by atoms with Gasteiger partial charge in [-0.05, 0) is 30.3 Å². The molecular formula is C13H12ClFN2. The lowest BCUT2D eigenvalue weighted by atomic mass is 10.2. The molecule has 2 aromatic rings. The van der Waals surface area contributed by atoms with Crippen molar-refractivity contribution in [1.29, 1.82) is 0 Å². The summed E-state index contributed by atoms with van der Waals surface area (Å²) in [5, 5.41) is 3.54. The van der Waals surface area contributed by atoms with Crippen LogP contribution in [0.4, 0.5) is 10.1 Å². The molecule has 0 atom stereocenters. The van der Waals surface area contributed by atoms with Crippen LogP contribution in [-0.2, 0) is 6.42 Å². The summed E-state index contributed by atoms with van der Waals surface area (Å²) in [5.41, 5.74) is 1.75. The van der Waals surface area contributed by atoms with E-state index in [-0.39, 0.29) is 5.82 Å². The van der Waals surface area contributed by atoms with Gasteiger partial charge in [-0.2, -0.15) is 0 Å². The molecule has 1 N–H and O–H groups in total. The van der Waals surface area contributed by atoms with Crippen molar-refractivity contribution >= 4 is 17.3 Å². The molecule has 1 aromatic carbocycles. The van der Waals surface area contributed by atoms with E-state index in [9.17, 15) is 4.39 Å². The monoisotopic (exact) mass is 250 g/mol. The molecule has 0 saturated heterocycles. The van der Waals surface area contributed by atoms with E-state index < -0.39 is 0 Å². The lowest BCUT2D eigenvalue weighted by molar-refractivity contribution is 0.628. The summed E-state index contributed by atoms with van der Waals surface area (Å²) < 4.78 is 12.8. The first-order chi connectivity index (χ1) is 8.25. The third-order valence-corrected chi connectivity index (χ3v) is 2.67. The highest BCUT2D eigenvalue weighted by molar-refractivity contribution is 6.33. The minimum Gasteiger partial charge on any atom is -0.383 e. The minimum absolute atomic E-state index is 0.328. The van der Waals surface area contributed by atoms with E-state index in [1.165, 1.54) is 12.1 Å². The van der Waals surface area contributed by atoms with Crippen molar-refractivity contribution in [2.24, 2.45) is 0 Å². The predicted molar refractivity (Wildman–Crippen MR) is 67.8 cm³/mol. The van der Waals surface area contributed by atoms with E-state index in [1.54, 1.807) is 12.3 Å². The summed E-state index contributed by atoms with van der Waals surface area (Å²) >= 11 is 5.89. The molecule has 2 nitrogen and oxygen atoms in total. The van der Waals surface area contributed by atoms with Crippen molar-refractivity contribution in [2.45, 2.75) is 6.42 Å². The standard InChI is InChI=1S/C13H12ClFN2/c14-12-9-10(15)4-5-13(12)17-8-6-11-3-1-2-7-16-11/h1-5,7,9,17H,6,8H2. The summed E-state index contributed by atoms with van der Waals surface area (Å²) in [7, 11) is 0. The molecule has 0 fully saturated rings. The van der Waals surface area contributed by atoms with E-state index in [1.807, 2.05) is 18.2 Å². The molecule has 0 amide bonds. The first-order valence-corrected chi connectivity index (χ1v) is 5.72. The van der Waals surface area contributed by atoms with Crippen molar-refractivity contribution in [3.63, 3.8) is 0 Å². The van der Waals surface area contributed by atoms with Crippen molar-refractivity contribution in [3.8, 4) is 0 Å². The van der Waals surface area contributed by atoms with E-state index in [4.69, 9.17) is 11.6 Å². The van der Waals surface area contributed by atoms with Gasteiger partial charge in [-0.1, -0.05) is 17.7 Å². The molecule has 0 unspecified atom stereocenters. The molecule has 0 radical (unpaired) electrons. The number of halogens is 2. The molecule has 0 aliphatic rings. The average Bonchev–Trinajstić information content (AvgIpc) is 2.33. The number of nitrogens with zero attached hydrogens (tertiary/aromatic N) is 1. The van der Waals surface area contributed by atoms with Gasteiger partial charge in [0.15, 0.2) is 0 Å². The highest BCUT2D eigenvalue weighted by Crippen LogP contribution is 2.22. The number of aromatic nitrogens is 1. The molecule has 4 heteroatoms. The highest BCUT2D eigenvalue weighted by Gasteiger charge is 2.01. The van der Waals surface area contributed by atoms with Gasteiger partial charge in [-0.15, -0.1) is 0 Å². The van der Waals surface area contributed by atoms with Gasteiger partial charge in [0.05, 0.1) is 10.7 Å². The normalized spacial score (nSPS) is 10.2. The summed E-state index contributed by atoms with van der Waals surface area (Å²) in [6.45, 7) is 0.711. The van der Waals surface area contributed by atoms with E-state index in [0.717, 1.165) is 17.8 Å². The maximum absolute atomic E-state index is 12.8. The van der Waals surface area contributed by atoms with Gasteiger partial charge in [-0.3, -0.25) is 4.98 Å². The zero-order valence-electron chi connectivity index (χ0n) is 9.16. The van der Waals surface area contributed by atoms with Gasteiger partial charge >= 0.3 is 0 Å². The number of anilines is 1. The fourth-order valence-corrected chi connectivity index (χ4v) is 1.74. The Kier molecular flexibility index (Phi) is 3.94. The van der Waals surface area contributed by atoms with Gasteiger partial charge in [0.1, 0.15) is 5.82 Å². The first kappa shape index (κ1) is 11.9. The number of nitrogens with one attached hydrogen (secondary N) is 1. The Bertz CT molecular complexity index is 488. The molecule has 1 heterocycles. The topological polar surface area (TPSA) is 24.9 Å². The maximum atomic E-state index is 12.8. The average molecular weight is 251 g/mol. The Labute approximate surface area is 104 Å². The second kappa shape index (κ2) is 5.64. The van der Waals surface area contributed by atoms with E-state index in [2.05, 4.69) is 10.3 Å². The largest absolute Gasteiger partial charge is 0.383 e. The van der Waals surface area contributed by atoms with Crippen LogP contribution in [-0.4, -0.2) is 11.5 Å². The van der Waals surface area contributed by atoms with Crippen LogP contribution in [0, 0.1) is 5.82 Å². The fraction of sp³-hybridized carbons (Fsp3) is 0.154. The Morgan fingerprint density at radius 1 is 1.24 bits per heavy atom. The SMILES string of the molecule is Fc1ccc(NCCc2ccccn2)c(Cl)c1. The van der Waals surface area contributed by atoms with Crippen LogP contribution in [0.5, 0.6) is 0 Å². The molecule has 0 spiro atoms. The molecular weight excluding hydrogens is 239 g/mol. The third kappa shape index (κ3) is 3.43. The number of benzene rings is 1. The lowest BCUT2D eigenvalue weighted by Crippen LogP contribution is -2.06. The van der Waals surface area contributed by atoms with Crippen LogP contribution in [0.3, 0.4) is 0 Å². The second-order valence-electron chi connectivity index (χ2n) is 3.62. The van der Waals surface area contributed by atoms with Crippen molar-refractivity contribution in [2.75, 3.05) is 11.9 Å². The minimum atomic E-state index is -0.328. The summed E-state index contributed by atoms with van der Waals surface area (Å²) in [6.07, 6.45) is 2.56. The first-order valence-electron chi connectivity index (χ1n) is 5.34. The molecule has 0 bridgehead atoms. The van der Waals surface area contributed by atoms with Crippen LogP contribution in [0.25, 0.3) is 0 Å². The van der Waals surface area contributed by atoms with Gasteiger partial charge in [0.2, 0.25) is 0 Å². The molecule has 0 aliphatic heterocycles. The van der Waals surface area contributed by atoms with Crippen LogP contribution in [0.2, 0.25) is 5.02 Å². The number of rotatable bonds is 4. The zero-order valence-corrected chi connectivity index (χ0v) is 9.91. The van der Waals surface area contributed by atoms with Crippen LogP contribution in [0.15, 0.2) is 42.6 Å². The lowest BCUT2D eigenvalue weighted by Gasteiger charge is -2.07. The van der Waals surface area contributed by atoms with Crippen molar-refractivity contribution in [3.05, 3.63) is 59.1 Å². The van der Waals surface area contributed by atoms with Gasteiger partial charge in [0, 0.05) is 24.9 Å². The van der Waals surface area contributed by atoms with Crippen LogP contribution in [0.1, 0.15) is 5.69 Å². The predicted octanol–water partition coefficient (Wildman–Crippen LogP) is 3.53. The van der Waals surface area contributed by atoms with Crippen molar-refractivity contribution in [1.82, 2.24) is 4.98 Å². The highest BCUT2D eigenvalue weighted by atomic mass is 35.5. The van der Waals surface area contributed by atoms with E-state index in [0.29, 0.717) is 11.6 Å². The zero-order chi connectivity index (χ0) is 12.1. The molecule has 0 saturated carbocycles. The molecule has 1 aromatic heterocycles. The fourth-order valence-electron chi connectivity index (χ4n) is 1.50. The number of hydrogen-bond acceptors (Lipinski definition) is 2. The number of pyridine rings is 1. The van der Waals surface area contributed by atoms with Gasteiger partial charge in [0.25, 0.3) is 0 Å². The Morgan fingerprint density at radius 2 is 2.12 bits per heavy atom. The Hall–Kier alpha value is -1.61. The van der Waals surface area contributed by atoms with Crippen molar-refractivity contribution < 1.29 is 4.39 Å². The Balaban J connectivity index is 1.90. The summed E-state index contributed by atoms with van der Waals surface area (Å²) in [5.74, 6) is -0.328.